The molecule has 0 radical (unpaired) electrons. The molecular formula is C50H59ClN8O7S. The van der Waals surface area contributed by atoms with Crippen LogP contribution in [0.3, 0.4) is 0 Å². The van der Waals surface area contributed by atoms with E-state index in [1.807, 2.05) is 18.2 Å². The van der Waals surface area contributed by atoms with Crippen LogP contribution in [0.2, 0.25) is 5.02 Å². The Morgan fingerprint density at radius 1 is 0.925 bits per heavy atom. The number of fused-ring (bicyclic) bond motifs is 1. The topological polar surface area (TPSA) is 184 Å². The largest absolute Gasteiger partial charge is 0.438 e. The average Bonchev–Trinajstić information content (AvgIpc) is 3.79. The number of carbonyl (C=O) groups is 1. The van der Waals surface area contributed by atoms with Gasteiger partial charge in [-0.05, 0) is 123 Å². The Kier molecular flexibility index (Phi) is 13.9. The van der Waals surface area contributed by atoms with Crippen LogP contribution in [0.15, 0.2) is 95.5 Å². The first-order valence-corrected chi connectivity index (χ1v) is 25.3. The van der Waals surface area contributed by atoms with E-state index in [1.54, 1.807) is 36.5 Å². The fourth-order valence-electron chi connectivity index (χ4n) is 9.97. The van der Waals surface area contributed by atoms with Gasteiger partial charge in [-0.1, -0.05) is 43.2 Å². The van der Waals surface area contributed by atoms with Gasteiger partial charge >= 0.3 is 0 Å². The summed E-state index contributed by atoms with van der Waals surface area (Å²) >= 11 is 6.25. The van der Waals surface area contributed by atoms with Gasteiger partial charge in [-0.15, -0.1) is 0 Å². The summed E-state index contributed by atoms with van der Waals surface area (Å²) in [6, 6.07) is 23.0. The summed E-state index contributed by atoms with van der Waals surface area (Å²) in [6.45, 7) is 10.2. The molecule has 2 aliphatic carbocycles. The Morgan fingerprint density at radius 2 is 1.66 bits per heavy atom. The highest BCUT2D eigenvalue weighted by Gasteiger charge is 2.32. The lowest BCUT2D eigenvalue weighted by atomic mass is 9.72. The van der Waals surface area contributed by atoms with Crippen LogP contribution in [-0.2, 0) is 14.8 Å². The zero-order valence-corrected chi connectivity index (χ0v) is 39.6. The van der Waals surface area contributed by atoms with Gasteiger partial charge in [0.1, 0.15) is 11.4 Å². The second-order valence-electron chi connectivity index (χ2n) is 19.2. The van der Waals surface area contributed by atoms with Gasteiger partial charge in [0.2, 0.25) is 5.88 Å². The van der Waals surface area contributed by atoms with Crippen LogP contribution in [0, 0.1) is 15.5 Å². The number of anilines is 2. The van der Waals surface area contributed by atoms with E-state index in [9.17, 15) is 23.3 Å². The summed E-state index contributed by atoms with van der Waals surface area (Å²) in [5.41, 5.74) is 6.40. The third-order valence-corrected chi connectivity index (χ3v) is 15.4. The zero-order valence-electron chi connectivity index (χ0n) is 38.1. The number of ether oxygens (including phenoxy) is 2. The predicted molar refractivity (Wildman–Crippen MR) is 262 cm³/mol. The van der Waals surface area contributed by atoms with Crippen molar-refractivity contribution in [3.63, 3.8) is 0 Å². The van der Waals surface area contributed by atoms with Gasteiger partial charge < -0.3 is 30.0 Å². The number of aromatic nitrogens is 2. The van der Waals surface area contributed by atoms with Crippen molar-refractivity contribution in [3.05, 3.63) is 117 Å². The van der Waals surface area contributed by atoms with Gasteiger partial charge in [0, 0.05) is 99.2 Å². The molecular weight excluding hydrogens is 892 g/mol. The number of halogens is 1. The van der Waals surface area contributed by atoms with Crippen LogP contribution >= 0.6 is 11.6 Å². The van der Waals surface area contributed by atoms with Gasteiger partial charge in [0.15, 0.2) is 0 Å². The van der Waals surface area contributed by atoms with Gasteiger partial charge in [0.05, 0.1) is 26.4 Å². The van der Waals surface area contributed by atoms with E-state index >= 15 is 0 Å². The first kappa shape index (κ1) is 46.6. The first-order valence-electron chi connectivity index (χ1n) is 23.4. The van der Waals surface area contributed by atoms with Crippen molar-refractivity contribution in [1.82, 2.24) is 24.9 Å². The number of amides is 1. The van der Waals surface area contributed by atoms with Crippen LogP contribution in [0.25, 0.3) is 16.6 Å². The minimum Gasteiger partial charge on any atom is -0.438 e. The summed E-state index contributed by atoms with van der Waals surface area (Å²) in [4.78, 5) is 37.8. The lowest BCUT2D eigenvalue weighted by molar-refractivity contribution is -0.384. The van der Waals surface area contributed by atoms with E-state index in [-0.39, 0.29) is 40.0 Å². The van der Waals surface area contributed by atoms with Crippen molar-refractivity contribution < 1.29 is 27.6 Å². The lowest BCUT2D eigenvalue weighted by Crippen LogP contribution is -2.47. The second-order valence-corrected chi connectivity index (χ2v) is 21.3. The smallest absolute Gasteiger partial charge is 0.293 e. The normalized spacial score (nSPS) is 20.7. The molecule has 3 aromatic carbocycles. The van der Waals surface area contributed by atoms with Crippen molar-refractivity contribution in [2.24, 2.45) is 5.41 Å². The molecule has 0 spiro atoms. The molecule has 2 aliphatic heterocycles. The predicted octanol–water partition coefficient (Wildman–Crippen LogP) is 9.31. The number of nitrogens with one attached hydrogen (secondary N) is 4. The molecule has 3 fully saturated rings. The standard InChI is InChI=1S/C50H59ClN8O7S/c1-50(2)21-17-34(42(31-50)33-3-5-35(51)6-4-33)32-57-23-25-58(26-24-57)39-11-13-41(47(29-39)66-48-16-15-43-44(55-48)18-22-52-43)49(60)56-67(63,64)40-12-14-45(46(30-40)59(61)62)54-37-9-7-36(8-10-37)53-38-19-27-65-28-20-38/h3-6,11-16,18,22,29-30,36-38,52-54H,7-10,17,19-21,23-28,31-32H2,1-2H3,(H,56,60)/t36-,37-. The number of benzene rings is 3. The minimum atomic E-state index is -4.58. The maximum Gasteiger partial charge on any atom is 0.293 e. The van der Waals surface area contributed by atoms with Crippen molar-refractivity contribution >= 4 is 61.2 Å². The third kappa shape index (κ3) is 11.3. The van der Waals surface area contributed by atoms with Crippen LogP contribution in [0.1, 0.15) is 87.6 Å². The number of piperazine rings is 1. The zero-order chi connectivity index (χ0) is 46.7. The summed E-state index contributed by atoms with van der Waals surface area (Å²) in [7, 11) is -4.58. The summed E-state index contributed by atoms with van der Waals surface area (Å²) in [5, 5.41) is 20.1. The molecule has 1 amide bonds. The van der Waals surface area contributed by atoms with Crippen molar-refractivity contribution in [2.75, 3.05) is 56.2 Å². The Labute approximate surface area is 396 Å². The van der Waals surface area contributed by atoms with E-state index < -0.39 is 25.7 Å². The lowest BCUT2D eigenvalue weighted by Gasteiger charge is -2.39. The third-order valence-electron chi connectivity index (χ3n) is 13.8. The molecule has 4 N–H and O–H groups in total. The number of rotatable bonds is 14. The van der Waals surface area contributed by atoms with Gasteiger partial charge in [-0.2, -0.15) is 0 Å². The molecule has 4 aliphatic rings. The molecule has 354 valence electrons. The van der Waals surface area contributed by atoms with Crippen molar-refractivity contribution in [1.29, 1.82) is 0 Å². The van der Waals surface area contributed by atoms with Crippen LogP contribution < -0.4 is 25.0 Å². The van der Waals surface area contributed by atoms with E-state index in [1.165, 1.54) is 28.8 Å². The van der Waals surface area contributed by atoms with Gasteiger partial charge in [-0.3, -0.25) is 19.8 Å². The number of sulfonamides is 1. The number of aromatic amines is 1. The number of hydrogen-bond acceptors (Lipinski definition) is 12. The molecule has 67 heavy (non-hydrogen) atoms. The highest BCUT2D eigenvalue weighted by molar-refractivity contribution is 7.90. The average molecular weight is 952 g/mol. The van der Waals surface area contributed by atoms with E-state index in [0.717, 1.165) is 126 Å². The fourth-order valence-corrected chi connectivity index (χ4v) is 11.1. The van der Waals surface area contributed by atoms with Crippen molar-refractivity contribution in [3.8, 4) is 11.6 Å². The van der Waals surface area contributed by atoms with E-state index in [4.69, 9.17) is 21.1 Å². The summed E-state index contributed by atoms with van der Waals surface area (Å²) in [6.07, 6.45) is 10.4. The number of nitro benzene ring substituents is 1. The molecule has 15 nitrogen and oxygen atoms in total. The number of H-pyrrole nitrogens is 1. The van der Waals surface area contributed by atoms with Crippen molar-refractivity contribution in [2.45, 2.75) is 94.7 Å². The number of carbonyl (C=O) groups excluding carboxylic acids is 1. The Balaban J connectivity index is 0.894. The summed E-state index contributed by atoms with van der Waals surface area (Å²) < 4.78 is 41.6. The molecule has 5 aromatic rings. The molecule has 0 unspecified atom stereocenters. The van der Waals surface area contributed by atoms with Crippen LogP contribution in [-0.4, -0.2) is 98.2 Å². The number of pyridine rings is 1. The second kappa shape index (κ2) is 20.0. The number of hydrogen-bond donors (Lipinski definition) is 4. The van der Waals surface area contributed by atoms with Gasteiger partial charge in [-0.25, -0.2) is 18.1 Å². The Hall–Kier alpha value is -5.52. The molecule has 2 saturated heterocycles. The monoisotopic (exact) mass is 950 g/mol. The molecule has 0 atom stereocenters. The van der Waals surface area contributed by atoms with Gasteiger partial charge in [0.25, 0.3) is 21.6 Å². The SMILES string of the molecule is CC1(C)CCC(CN2CCN(c3ccc(C(=O)NS(=O)(=O)c4ccc(N[C@H]5CC[C@H](NC6CCOCC6)CC5)c([N+](=O)[O-])c4)c(Oc4ccc5[nH]ccc5n4)c3)CC2)=C(c2ccc(Cl)cc2)C1. The molecule has 9 rings (SSSR count). The minimum absolute atomic E-state index is 0.00712. The molecule has 2 aromatic heterocycles. The van der Waals surface area contributed by atoms with E-state index in [2.05, 4.69) is 61.1 Å². The van der Waals surface area contributed by atoms with Crippen LogP contribution in [0.5, 0.6) is 11.6 Å². The quantitative estimate of drug-likeness (QED) is 0.0612. The molecule has 0 bridgehead atoms. The number of nitrogens with zero attached hydrogens (tertiary/aromatic N) is 4. The Morgan fingerprint density at radius 3 is 2.40 bits per heavy atom. The highest BCUT2D eigenvalue weighted by atomic mass is 35.5. The first-order chi connectivity index (χ1) is 32.2. The Bertz CT molecular complexity index is 2740. The van der Waals surface area contributed by atoms with E-state index in [0.29, 0.717) is 17.6 Å². The number of nitro groups is 1. The highest BCUT2D eigenvalue weighted by Crippen LogP contribution is 2.43. The molecule has 1 saturated carbocycles. The maximum absolute atomic E-state index is 14.0. The van der Waals surface area contributed by atoms with Crippen LogP contribution in [0.4, 0.5) is 17.1 Å². The maximum atomic E-state index is 14.0. The number of allylic oxidation sites excluding steroid dienone is 1. The fraction of sp³-hybridized carbons (Fsp3) is 0.440. The molecule has 4 heterocycles. The summed E-state index contributed by atoms with van der Waals surface area (Å²) in [5.74, 6) is -0.625. The molecule has 17 heteroatoms.